The van der Waals surface area contributed by atoms with Crippen LogP contribution < -0.4 is 30.0 Å². The van der Waals surface area contributed by atoms with Gasteiger partial charge >= 0.3 is 0 Å². The van der Waals surface area contributed by atoms with Gasteiger partial charge in [0.15, 0.2) is 11.5 Å². The second-order valence-electron chi connectivity index (χ2n) is 7.93. The van der Waals surface area contributed by atoms with Gasteiger partial charge in [-0.2, -0.15) is 0 Å². The van der Waals surface area contributed by atoms with Crippen molar-refractivity contribution in [3.05, 3.63) is 77.3 Å². The lowest BCUT2D eigenvalue weighted by molar-refractivity contribution is -0.125. The van der Waals surface area contributed by atoms with Crippen LogP contribution in [0.25, 0.3) is 0 Å². The van der Waals surface area contributed by atoms with Crippen LogP contribution in [0.4, 0.5) is 11.4 Å². The molecule has 2 N–H and O–H groups in total. The monoisotopic (exact) mass is 495 g/mol. The molecule has 0 saturated carbocycles. The van der Waals surface area contributed by atoms with Crippen LogP contribution in [0.2, 0.25) is 5.02 Å². The first-order valence-electron chi connectivity index (χ1n) is 11.0. The highest BCUT2D eigenvalue weighted by Crippen LogP contribution is 2.36. The first-order chi connectivity index (χ1) is 17.0. The van der Waals surface area contributed by atoms with Crippen molar-refractivity contribution >= 4 is 34.8 Å². The molecule has 8 nitrogen and oxygen atoms in total. The molecule has 3 aromatic rings. The van der Waals surface area contributed by atoms with E-state index in [-0.39, 0.29) is 31.4 Å². The lowest BCUT2D eigenvalue weighted by Gasteiger charge is -2.19. The summed E-state index contributed by atoms with van der Waals surface area (Å²) >= 11 is 6.24. The number of hydrogen-bond acceptors (Lipinski definition) is 6. The summed E-state index contributed by atoms with van der Waals surface area (Å²) in [5.41, 5.74) is 7.68. The summed E-state index contributed by atoms with van der Waals surface area (Å²) in [4.78, 5) is 27.0. The summed E-state index contributed by atoms with van der Waals surface area (Å²) in [6.45, 7) is 0.503. The quantitative estimate of drug-likeness (QED) is 0.427. The van der Waals surface area contributed by atoms with Crippen molar-refractivity contribution in [3.63, 3.8) is 0 Å². The van der Waals surface area contributed by atoms with E-state index in [1.165, 1.54) is 7.11 Å². The molecule has 2 amide bonds. The van der Waals surface area contributed by atoms with Crippen molar-refractivity contribution < 1.29 is 23.8 Å². The highest BCUT2D eigenvalue weighted by molar-refractivity contribution is 6.31. The predicted octanol–water partition coefficient (Wildman–Crippen LogP) is 4.43. The molecule has 0 bridgehead atoms. The molecule has 1 atom stereocenters. The van der Waals surface area contributed by atoms with Gasteiger partial charge in [0.25, 0.3) is 0 Å². The van der Waals surface area contributed by atoms with Gasteiger partial charge < -0.3 is 19.1 Å². The Kier molecular flexibility index (Phi) is 7.62. The lowest BCUT2D eigenvalue weighted by atomic mass is 10.1. The van der Waals surface area contributed by atoms with Gasteiger partial charge in [-0.25, -0.2) is 0 Å². The van der Waals surface area contributed by atoms with E-state index in [1.807, 2.05) is 18.2 Å². The van der Waals surface area contributed by atoms with E-state index in [9.17, 15) is 9.59 Å². The number of nitrogens with one attached hydrogen (secondary N) is 2. The average molecular weight is 496 g/mol. The Balaban J connectivity index is 1.41. The summed E-state index contributed by atoms with van der Waals surface area (Å²) in [7, 11) is 3.12. The number of amides is 2. The molecule has 1 fully saturated rings. The second kappa shape index (κ2) is 11.0. The Morgan fingerprint density at radius 1 is 1.03 bits per heavy atom. The SMILES string of the molecule is COc1ccc(N2C[C@H](C(=O)NNc3cccc(OC)c3OCc3ccccc3Cl)CC2=O)cc1. The number of nitrogens with zero attached hydrogens (tertiary/aromatic N) is 1. The first kappa shape index (κ1) is 24.2. The molecule has 0 unspecified atom stereocenters. The van der Waals surface area contributed by atoms with Crippen LogP contribution in [-0.2, 0) is 16.2 Å². The second-order valence-corrected chi connectivity index (χ2v) is 8.34. The zero-order valence-corrected chi connectivity index (χ0v) is 20.2. The fraction of sp³-hybridized carbons (Fsp3) is 0.231. The van der Waals surface area contributed by atoms with Gasteiger partial charge in [0.1, 0.15) is 12.4 Å². The van der Waals surface area contributed by atoms with Gasteiger partial charge in [0.05, 0.1) is 25.8 Å². The predicted molar refractivity (Wildman–Crippen MR) is 134 cm³/mol. The van der Waals surface area contributed by atoms with Gasteiger partial charge in [-0.05, 0) is 42.5 Å². The molecule has 0 aliphatic carbocycles. The molecule has 0 radical (unpaired) electrons. The molecule has 1 saturated heterocycles. The molecule has 182 valence electrons. The van der Waals surface area contributed by atoms with Crippen LogP contribution in [0, 0.1) is 5.92 Å². The minimum atomic E-state index is -0.504. The molecular weight excluding hydrogens is 470 g/mol. The van der Waals surface area contributed by atoms with Crippen LogP contribution in [0.3, 0.4) is 0 Å². The Morgan fingerprint density at radius 3 is 2.51 bits per heavy atom. The number of carbonyl (C=O) groups excluding carboxylic acids is 2. The lowest BCUT2D eigenvalue weighted by Crippen LogP contribution is -2.36. The highest BCUT2D eigenvalue weighted by atomic mass is 35.5. The van der Waals surface area contributed by atoms with Gasteiger partial charge in [-0.3, -0.25) is 20.4 Å². The number of hydrazine groups is 1. The number of carbonyl (C=O) groups is 2. The zero-order chi connectivity index (χ0) is 24.8. The largest absolute Gasteiger partial charge is 0.497 e. The van der Waals surface area contributed by atoms with E-state index in [0.29, 0.717) is 28.0 Å². The van der Waals surface area contributed by atoms with Crippen LogP contribution in [0.5, 0.6) is 17.2 Å². The molecular formula is C26H26ClN3O5. The first-order valence-corrected chi connectivity index (χ1v) is 11.4. The average Bonchev–Trinajstić information content (AvgIpc) is 3.28. The summed E-state index contributed by atoms with van der Waals surface area (Å²) in [5.74, 6) is 0.713. The zero-order valence-electron chi connectivity index (χ0n) is 19.4. The summed E-state index contributed by atoms with van der Waals surface area (Å²) in [5, 5.41) is 0.595. The van der Waals surface area contributed by atoms with E-state index >= 15 is 0 Å². The van der Waals surface area contributed by atoms with E-state index in [0.717, 1.165) is 11.3 Å². The molecule has 0 spiro atoms. The number of hydrogen-bond donors (Lipinski definition) is 2. The van der Waals surface area contributed by atoms with Crippen LogP contribution >= 0.6 is 11.6 Å². The maximum atomic E-state index is 12.9. The smallest absolute Gasteiger partial charge is 0.243 e. The normalized spacial score (nSPS) is 15.0. The Morgan fingerprint density at radius 2 is 1.80 bits per heavy atom. The molecule has 1 aliphatic heterocycles. The highest BCUT2D eigenvalue weighted by Gasteiger charge is 2.35. The third-order valence-electron chi connectivity index (χ3n) is 5.73. The van der Waals surface area contributed by atoms with E-state index in [2.05, 4.69) is 10.9 Å². The Hall–Kier alpha value is -3.91. The van der Waals surface area contributed by atoms with Crippen LogP contribution in [0.15, 0.2) is 66.7 Å². The molecule has 35 heavy (non-hydrogen) atoms. The molecule has 3 aromatic carbocycles. The fourth-order valence-corrected chi connectivity index (χ4v) is 4.01. The number of para-hydroxylation sites is 1. The number of anilines is 2. The third-order valence-corrected chi connectivity index (χ3v) is 6.10. The van der Waals surface area contributed by atoms with E-state index < -0.39 is 5.92 Å². The molecule has 9 heteroatoms. The van der Waals surface area contributed by atoms with E-state index in [1.54, 1.807) is 60.5 Å². The summed E-state index contributed by atoms with van der Waals surface area (Å²) < 4.78 is 16.6. The van der Waals surface area contributed by atoms with Gasteiger partial charge in [0.2, 0.25) is 11.8 Å². The standard InChI is InChI=1S/C26H26ClN3O5/c1-33-20-12-10-19(11-13-20)30-15-18(14-24(30)31)26(32)29-28-22-8-5-9-23(34-2)25(22)35-16-17-6-3-4-7-21(17)27/h3-13,18,28H,14-16H2,1-2H3,(H,29,32)/t18-/m1/s1. The molecule has 0 aromatic heterocycles. The maximum Gasteiger partial charge on any atom is 0.243 e. The summed E-state index contributed by atoms with van der Waals surface area (Å²) in [6, 6.07) is 19.9. The molecule has 1 aliphatic rings. The number of methoxy groups -OCH3 is 2. The van der Waals surface area contributed by atoms with Crippen molar-refractivity contribution in [2.45, 2.75) is 13.0 Å². The van der Waals surface area contributed by atoms with Crippen molar-refractivity contribution in [1.82, 2.24) is 5.43 Å². The Labute approximate surface area is 208 Å². The minimum absolute atomic E-state index is 0.111. The van der Waals surface area contributed by atoms with Crippen LogP contribution in [-0.4, -0.2) is 32.6 Å². The topological polar surface area (TPSA) is 89.1 Å². The molecule has 1 heterocycles. The fourth-order valence-electron chi connectivity index (χ4n) is 3.82. The number of halogens is 1. The van der Waals surface area contributed by atoms with Crippen LogP contribution in [0.1, 0.15) is 12.0 Å². The Bertz CT molecular complexity index is 1200. The van der Waals surface area contributed by atoms with Gasteiger partial charge in [-0.1, -0.05) is 35.9 Å². The van der Waals surface area contributed by atoms with Gasteiger partial charge in [-0.15, -0.1) is 0 Å². The number of ether oxygens (including phenoxy) is 3. The minimum Gasteiger partial charge on any atom is -0.497 e. The third kappa shape index (κ3) is 5.60. The maximum absolute atomic E-state index is 12.9. The molecule has 4 rings (SSSR count). The van der Waals surface area contributed by atoms with Crippen molar-refractivity contribution in [3.8, 4) is 17.2 Å². The van der Waals surface area contributed by atoms with Crippen molar-refractivity contribution in [1.29, 1.82) is 0 Å². The van der Waals surface area contributed by atoms with Crippen molar-refractivity contribution in [2.75, 3.05) is 31.1 Å². The van der Waals surface area contributed by atoms with Gasteiger partial charge in [0, 0.05) is 29.2 Å². The summed E-state index contributed by atoms with van der Waals surface area (Å²) in [6.07, 6.45) is 0.119. The van der Waals surface area contributed by atoms with Crippen molar-refractivity contribution in [2.24, 2.45) is 5.92 Å². The number of benzene rings is 3. The van der Waals surface area contributed by atoms with E-state index in [4.69, 9.17) is 25.8 Å². The number of rotatable bonds is 9.